The zero-order chi connectivity index (χ0) is 8.97. The number of hydrogen-bond acceptors (Lipinski definition) is 1. The van der Waals surface area contributed by atoms with Gasteiger partial charge in [0.2, 0.25) is 0 Å². The lowest BCUT2D eigenvalue weighted by Gasteiger charge is -2.20. The van der Waals surface area contributed by atoms with Crippen LogP contribution in [0.25, 0.3) is 0 Å². The molecule has 1 N–H and O–H groups in total. The molecule has 1 aliphatic rings. The van der Waals surface area contributed by atoms with Gasteiger partial charge < -0.3 is 5.11 Å². The van der Waals surface area contributed by atoms with E-state index in [1.807, 2.05) is 6.08 Å². The lowest BCUT2D eigenvalue weighted by molar-refractivity contribution is 0.340. The first-order valence-corrected chi connectivity index (χ1v) is 4.67. The van der Waals surface area contributed by atoms with Gasteiger partial charge in [0.15, 0.2) is 0 Å². The molecule has 1 nitrogen and oxygen atoms in total. The Kier molecular flexibility index (Phi) is 3.54. The normalized spacial score (nSPS) is 25.4. The topological polar surface area (TPSA) is 20.2 Å². The van der Waals surface area contributed by atoms with Crippen LogP contribution in [0, 0.1) is 5.92 Å². The van der Waals surface area contributed by atoms with Gasteiger partial charge in [0.05, 0.1) is 6.61 Å². The molecule has 0 aromatic rings. The Balaban J connectivity index is 2.51. The number of hydrogen-bond donors (Lipinski definition) is 1. The number of allylic oxidation sites excluding steroid dienone is 3. The largest absolute Gasteiger partial charge is 0.392 e. The van der Waals surface area contributed by atoms with Crippen molar-refractivity contribution >= 4 is 0 Å². The van der Waals surface area contributed by atoms with E-state index in [1.165, 1.54) is 24.0 Å². The van der Waals surface area contributed by atoms with Gasteiger partial charge in [0.1, 0.15) is 0 Å². The van der Waals surface area contributed by atoms with E-state index in [4.69, 9.17) is 5.11 Å². The second-order valence-corrected chi connectivity index (χ2v) is 3.65. The van der Waals surface area contributed by atoms with Crippen LogP contribution < -0.4 is 0 Å². The van der Waals surface area contributed by atoms with E-state index in [0.717, 1.165) is 6.42 Å². The number of aliphatic hydroxyl groups is 1. The fourth-order valence-electron chi connectivity index (χ4n) is 1.69. The van der Waals surface area contributed by atoms with Crippen LogP contribution in [0.4, 0.5) is 0 Å². The van der Waals surface area contributed by atoms with Crippen LogP contribution in [0.1, 0.15) is 33.1 Å². The van der Waals surface area contributed by atoms with Crippen molar-refractivity contribution in [3.05, 3.63) is 23.3 Å². The third-order valence-corrected chi connectivity index (χ3v) is 2.70. The van der Waals surface area contributed by atoms with Gasteiger partial charge in [-0.2, -0.15) is 0 Å². The van der Waals surface area contributed by atoms with Gasteiger partial charge in [-0.3, -0.25) is 0 Å². The molecule has 0 amide bonds. The van der Waals surface area contributed by atoms with Crippen LogP contribution in [-0.4, -0.2) is 11.7 Å². The Morgan fingerprint density at radius 3 is 3.00 bits per heavy atom. The molecule has 0 saturated carbocycles. The molecule has 12 heavy (non-hydrogen) atoms. The maximum absolute atomic E-state index is 8.73. The van der Waals surface area contributed by atoms with E-state index in [1.54, 1.807) is 0 Å². The Morgan fingerprint density at radius 1 is 1.75 bits per heavy atom. The zero-order valence-electron chi connectivity index (χ0n) is 8.01. The fraction of sp³-hybridized carbons (Fsp3) is 0.636. The summed E-state index contributed by atoms with van der Waals surface area (Å²) in [6.07, 6.45) is 7.89. The third-order valence-electron chi connectivity index (χ3n) is 2.70. The average Bonchev–Trinajstić information content (AvgIpc) is 2.06. The first-order chi connectivity index (χ1) is 5.74. The van der Waals surface area contributed by atoms with Gasteiger partial charge in [-0.25, -0.2) is 0 Å². The molecule has 0 aliphatic heterocycles. The van der Waals surface area contributed by atoms with Gasteiger partial charge in [0.25, 0.3) is 0 Å². The van der Waals surface area contributed by atoms with Crippen molar-refractivity contribution in [2.45, 2.75) is 33.1 Å². The molecular weight excluding hydrogens is 148 g/mol. The molecule has 0 heterocycles. The molecule has 0 aromatic heterocycles. The van der Waals surface area contributed by atoms with Crippen molar-refractivity contribution in [1.29, 1.82) is 0 Å². The third kappa shape index (κ3) is 2.49. The quantitative estimate of drug-likeness (QED) is 0.625. The first kappa shape index (κ1) is 9.53. The van der Waals surface area contributed by atoms with E-state index in [2.05, 4.69) is 19.9 Å². The minimum Gasteiger partial charge on any atom is -0.392 e. The van der Waals surface area contributed by atoms with Crippen LogP contribution in [0.15, 0.2) is 23.3 Å². The summed E-state index contributed by atoms with van der Waals surface area (Å²) in [6.45, 7) is 4.50. The highest BCUT2D eigenvalue weighted by Crippen LogP contribution is 2.28. The molecule has 1 heteroatoms. The van der Waals surface area contributed by atoms with Crippen molar-refractivity contribution in [1.82, 2.24) is 0 Å². The molecule has 0 bridgehead atoms. The van der Waals surface area contributed by atoms with Crippen molar-refractivity contribution < 1.29 is 5.11 Å². The average molecular weight is 166 g/mol. The highest BCUT2D eigenvalue weighted by Gasteiger charge is 2.13. The van der Waals surface area contributed by atoms with Crippen LogP contribution in [-0.2, 0) is 0 Å². The lowest BCUT2D eigenvalue weighted by atomic mass is 9.85. The van der Waals surface area contributed by atoms with Crippen molar-refractivity contribution in [3.8, 4) is 0 Å². The van der Waals surface area contributed by atoms with Crippen LogP contribution in [0.2, 0.25) is 0 Å². The SMILES string of the molecule is CC1=CC[C@H](/C(C)=C\CO)CC1. The molecule has 0 radical (unpaired) electrons. The second kappa shape index (κ2) is 4.46. The first-order valence-electron chi connectivity index (χ1n) is 4.67. The molecule has 0 fully saturated rings. The second-order valence-electron chi connectivity index (χ2n) is 3.65. The van der Waals surface area contributed by atoms with Gasteiger partial charge in [-0.1, -0.05) is 23.3 Å². The summed E-state index contributed by atoms with van der Waals surface area (Å²) in [4.78, 5) is 0. The summed E-state index contributed by atoms with van der Waals surface area (Å²) in [6, 6.07) is 0. The van der Waals surface area contributed by atoms with Crippen molar-refractivity contribution in [2.24, 2.45) is 5.92 Å². The van der Waals surface area contributed by atoms with Gasteiger partial charge in [-0.15, -0.1) is 0 Å². The molecule has 0 aromatic carbocycles. The molecule has 1 aliphatic carbocycles. The van der Waals surface area contributed by atoms with Crippen molar-refractivity contribution in [2.75, 3.05) is 6.61 Å². The summed E-state index contributed by atoms with van der Waals surface area (Å²) in [5.74, 6) is 0.681. The fourth-order valence-corrected chi connectivity index (χ4v) is 1.69. The summed E-state index contributed by atoms with van der Waals surface area (Å²) in [7, 11) is 0. The van der Waals surface area contributed by atoms with Crippen LogP contribution in [0.3, 0.4) is 0 Å². The van der Waals surface area contributed by atoms with Gasteiger partial charge in [0, 0.05) is 0 Å². The van der Waals surface area contributed by atoms with Gasteiger partial charge >= 0.3 is 0 Å². The van der Waals surface area contributed by atoms with E-state index >= 15 is 0 Å². The summed E-state index contributed by atoms with van der Waals surface area (Å²) < 4.78 is 0. The van der Waals surface area contributed by atoms with Crippen molar-refractivity contribution in [3.63, 3.8) is 0 Å². The Morgan fingerprint density at radius 2 is 2.50 bits per heavy atom. The maximum atomic E-state index is 8.73. The highest BCUT2D eigenvalue weighted by atomic mass is 16.2. The Bertz CT molecular complexity index is 201. The number of aliphatic hydroxyl groups excluding tert-OH is 1. The number of rotatable bonds is 2. The minimum absolute atomic E-state index is 0.186. The Labute approximate surface area is 74.8 Å². The molecule has 1 rings (SSSR count). The van der Waals surface area contributed by atoms with Gasteiger partial charge in [-0.05, 0) is 39.0 Å². The zero-order valence-corrected chi connectivity index (χ0v) is 8.01. The predicted molar refractivity (Wildman–Crippen MR) is 51.9 cm³/mol. The lowest BCUT2D eigenvalue weighted by Crippen LogP contribution is -2.06. The molecule has 68 valence electrons. The maximum Gasteiger partial charge on any atom is 0.0615 e. The summed E-state index contributed by atoms with van der Waals surface area (Å²) in [5, 5.41) is 8.73. The van der Waals surface area contributed by atoms with E-state index in [0.29, 0.717) is 5.92 Å². The van der Waals surface area contributed by atoms with Crippen LogP contribution >= 0.6 is 0 Å². The highest BCUT2D eigenvalue weighted by molar-refractivity contribution is 5.12. The smallest absolute Gasteiger partial charge is 0.0615 e. The summed E-state index contributed by atoms with van der Waals surface area (Å²) >= 11 is 0. The van der Waals surface area contributed by atoms with E-state index in [-0.39, 0.29) is 6.61 Å². The monoisotopic (exact) mass is 166 g/mol. The Hall–Kier alpha value is -0.560. The molecule has 0 unspecified atom stereocenters. The van der Waals surface area contributed by atoms with E-state index in [9.17, 15) is 0 Å². The predicted octanol–water partition coefficient (Wildman–Crippen LogP) is 2.67. The molecular formula is C11H18O. The van der Waals surface area contributed by atoms with E-state index < -0.39 is 0 Å². The van der Waals surface area contributed by atoms with Crippen LogP contribution in [0.5, 0.6) is 0 Å². The standard InChI is InChI=1S/C11H18O/c1-9-3-5-11(6-4-9)10(2)7-8-12/h3,7,11-12H,4-6,8H2,1-2H3/b10-7-/t11-/m0/s1. The molecule has 0 spiro atoms. The molecule has 0 saturated heterocycles. The minimum atomic E-state index is 0.186. The summed E-state index contributed by atoms with van der Waals surface area (Å²) in [5.41, 5.74) is 2.87. The molecule has 1 atom stereocenters.